The van der Waals surface area contributed by atoms with E-state index in [9.17, 15) is 20.0 Å². The molecule has 0 aromatic carbocycles. The Balaban J connectivity index is 2.63. The van der Waals surface area contributed by atoms with Crippen molar-refractivity contribution in [2.75, 3.05) is 11.9 Å². The van der Waals surface area contributed by atoms with Gasteiger partial charge in [-0.3, -0.25) is 14.9 Å². The molecule has 2 N–H and O–H groups in total. The normalized spacial score (nSPS) is 12.8. The number of anilines is 1. The number of pyridine rings is 1. The third kappa shape index (κ3) is 5.21. The average molecular weight is 281 g/mol. The summed E-state index contributed by atoms with van der Waals surface area (Å²) in [6.07, 6.45) is 1.67. The van der Waals surface area contributed by atoms with E-state index in [0.29, 0.717) is 12.2 Å². The van der Waals surface area contributed by atoms with Crippen LogP contribution in [0.4, 0.5) is 11.5 Å². The number of carbonyl (C=O) groups is 1. The zero-order valence-electron chi connectivity index (χ0n) is 11.8. The van der Waals surface area contributed by atoms with Crippen molar-refractivity contribution in [1.29, 1.82) is 0 Å². The lowest BCUT2D eigenvalue weighted by Crippen LogP contribution is -2.27. The highest BCUT2D eigenvalue weighted by Crippen LogP contribution is 2.25. The van der Waals surface area contributed by atoms with Crippen LogP contribution < -0.4 is 5.32 Å². The SMILES string of the molecule is CC(C)(C)CC(CNc1ccc([N+](=O)[O-])cn1)C(=O)O. The monoisotopic (exact) mass is 281 g/mol. The minimum absolute atomic E-state index is 0.0896. The maximum Gasteiger partial charge on any atom is 0.308 e. The molecule has 7 heteroatoms. The Kier molecular flexibility index (Phi) is 5.01. The van der Waals surface area contributed by atoms with Crippen LogP contribution in [0.2, 0.25) is 0 Å². The molecule has 0 aliphatic heterocycles. The van der Waals surface area contributed by atoms with Gasteiger partial charge < -0.3 is 10.4 Å². The van der Waals surface area contributed by atoms with Crippen molar-refractivity contribution in [1.82, 2.24) is 4.98 Å². The molecule has 0 saturated carbocycles. The number of carboxylic acids is 1. The molecule has 110 valence electrons. The van der Waals surface area contributed by atoms with Crippen molar-refractivity contribution in [3.8, 4) is 0 Å². The Bertz CT molecular complexity index is 479. The lowest BCUT2D eigenvalue weighted by molar-refractivity contribution is -0.385. The fourth-order valence-electron chi connectivity index (χ4n) is 1.81. The minimum Gasteiger partial charge on any atom is -0.481 e. The van der Waals surface area contributed by atoms with Crippen molar-refractivity contribution in [2.24, 2.45) is 11.3 Å². The minimum atomic E-state index is -0.866. The molecule has 1 aromatic heterocycles. The zero-order chi connectivity index (χ0) is 15.3. The molecule has 0 aliphatic rings. The van der Waals surface area contributed by atoms with Crippen molar-refractivity contribution >= 4 is 17.5 Å². The molecule has 1 atom stereocenters. The Hall–Kier alpha value is -2.18. The first kappa shape index (κ1) is 15.9. The van der Waals surface area contributed by atoms with Gasteiger partial charge >= 0.3 is 5.97 Å². The number of nitro groups is 1. The lowest BCUT2D eigenvalue weighted by Gasteiger charge is -2.23. The van der Waals surface area contributed by atoms with E-state index in [1.807, 2.05) is 20.8 Å². The third-order valence-corrected chi connectivity index (χ3v) is 2.70. The summed E-state index contributed by atoms with van der Waals surface area (Å²) in [5, 5.41) is 22.6. The molecule has 1 unspecified atom stereocenters. The maximum absolute atomic E-state index is 11.2. The molecule has 0 bridgehead atoms. The number of aromatic nitrogens is 1. The highest BCUT2D eigenvalue weighted by molar-refractivity contribution is 5.70. The number of aliphatic carboxylic acids is 1. The molecule has 1 aromatic rings. The Labute approximate surface area is 117 Å². The van der Waals surface area contributed by atoms with Crippen LogP contribution in [0.1, 0.15) is 27.2 Å². The van der Waals surface area contributed by atoms with Gasteiger partial charge in [0.25, 0.3) is 5.69 Å². The number of hydrogen-bond acceptors (Lipinski definition) is 5. The Morgan fingerprint density at radius 3 is 2.55 bits per heavy atom. The topological polar surface area (TPSA) is 105 Å². The lowest BCUT2D eigenvalue weighted by atomic mass is 9.84. The van der Waals surface area contributed by atoms with Gasteiger partial charge in [0.2, 0.25) is 0 Å². The molecular formula is C13H19N3O4. The molecule has 0 amide bonds. The maximum atomic E-state index is 11.2. The van der Waals surface area contributed by atoms with Gasteiger partial charge in [0.1, 0.15) is 12.0 Å². The van der Waals surface area contributed by atoms with Crippen LogP contribution in [0.3, 0.4) is 0 Å². The summed E-state index contributed by atoms with van der Waals surface area (Å²) >= 11 is 0. The van der Waals surface area contributed by atoms with Crippen LogP contribution in [0.15, 0.2) is 18.3 Å². The largest absolute Gasteiger partial charge is 0.481 e. The molecule has 0 fully saturated rings. The standard InChI is InChI=1S/C13H19N3O4/c1-13(2,3)6-9(12(17)18)7-14-11-5-4-10(8-15-11)16(19)20/h4-5,8-9H,6-7H2,1-3H3,(H,14,15)(H,17,18). The van der Waals surface area contributed by atoms with Gasteiger partial charge in [0, 0.05) is 12.6 Å². The highest BCUT2D eigenvalue weighted by atomic mass is 16.6. The number of nitrogens with zero attached hydrogens (tertiary/aromatic N) is 2. The van der Waals surface area contributed by atoms with Gasteiger partial charge in [-0.1, -0.05) is 20.8 Å². The van der Waals surface area contributed by atoms with E-state index in [-0.39, 0.29) is 17.6 Å². The van der Waals surface area contributed by atoms with Crippen LogP contribution in [0, 0.1) is 21.4 Å². The third-order valence-electron chi connectivity index (χ3n) is 2.70. The van der Waals surface area contributed by atoms with Gasteiger partial charge in [0.15, 0.2) is 0 Å². The van der Waals surface area contributed by atoms with E-state index >= 15 is 0 Å². The second-order valence-corrected chi connectivity index (χ2v) is 5.84. The molecule has 1 heterocycles. The van der Waals surface area contributed by atoms with Crippen molar-refractivity contribution in [2.45, 2.75) is 27.2 Å². The fraction of sp³-hybridized carbons (Fsp3) is 0.538. The zero-order valence-corrected chi connectivity index (χ0v) is 11.8. The summed E-state index contributed by atoms with van der Waals surface area (Å²) in [5.41, 5.74) is -0.187. The van der Waals surface area contributed by atoms with Gasteiger partial charge in [-0.05, 0) is 17.9 Å². The van der Waals surface area contributed by atoms with Crippen molar-refractivity contribution in [3.63, 3.8) is 0 Å². The van der Waals surface area contributed by atoms with Crippen LogP contribution in [0.25, 0.3) is 0 Å². The van der Waals surface area contributed by atoms with Crippen molar-refractivity contribution in [3.05, 3.63) is 28.4 Å². The predicted molar refractivity (Wildman–Crippen MR) is 74.6 cm³/mol. The molecular weight excluding hydrogens is 262 g/mol. The van der Waals surface area contributed by atoms with Gasteiger partial charge in [-0.2, -0.15) is 0 Å². The summed E-state index contributed by atoms with van der Waals surface area (Å²) in [7, 11) is 0. The first-order valence-corrected chi connectivity index (χ1v) is 6.26. The van der Waals surface area contributed by atoms with Gasteiger partial charge in [-0.25, -0.2) is 4.98 Å². The second kappa shape index (κ2) is 6.31. The van der Waals surface area contributed by atoms with Crippen LogP contribution in [0.5, 0.6) is 0 Å². The molecule has 0 radical (unpaired) electrons. The van der Waals surface area contributed by atoms with E-state index in [0.717, 1.165) is 6.20 Å². The van der Waals surface area contributed by atoms with Gasteiger partial charge in [0.05, 0.1) is 10.8 Å². The number of rotatable bonds is 6. The Morgan fingerprint density at radius 2 is 2.15 bits per heavy atom. The van der Waals surface area contributed by atoms with Crippen LogP contribution in [-0.4, -0.2) is 27.5 Å². The quantitative estimate of drug-likeness (QED) is 0.613. The number of nitrogens with one attached hydrogen (secondary N) is 1. The van der Waals surface area contributed by atoms with Crippen LogP contribution in [-0.2, 0) is 4.79 Å². The fourth-order valence-corrected chi connectivity index (χ4v) is 1.81. The van der Waals surface area contributed by atoms with E-state index in [2.05, 4.69) is 10.3 Å². The predicted octanol–water partition coefficient (Wildman–Crippen LogP) is 2.54. The first-order chi connectivity index (χ1) is 9.19. The average Bonchev–Trinajstić information content (AvgIpc) is 2.33. The van der Waals surface area contributed by atoms with Gasteiger partial charge in [-0.15, -0.1) is 0 Å². The smallest absolute Gasteiger partial charge is 0.308 e. The first-order valence-electron chi connectivity index (χ1n) is 6.26. The molecule has 1 rings (SSSR count). The van der Waals surface area contributed by atoms with E-state index in [4.69, 9.17) is 0 Å². The summed E-state index contributed by atoms with van der Waals surface area (Å²) in [6.45, 7) is 6.17. The summed E-state index contributed by atoms with van der Waals surface area (Å²) in [4.78, 5) is 25.0. The molecule has 0 saturated heterocycles. The molecule has 0 spiro atoms. The molecule has 20 heavy (non-hydrogen) atoms. The number of carboxylic acid groups (broad SMARTS) is 1. The summed E-state index contributed by atoms with van der Waals surface area (Å²) < 4.78 is 0. The molecule has 7 nitrogen and oxygen atoms in total. The van der Waals surface area contributed by atoms with Crippen molar-refractivity contribution < 1.29 is 14.8 Å². The highest BCUT2D eigenvalue weighted by Gasteiger charge is 2.24. The van der Waals surface area contributed by atoms with E-state index in [1.165, 1.54) is 12.1 Å². The Morgan fingerprint density at radius 1 is 1.50 bits per heavy atom. The molecule has 0 aliphatic carbocycles. The van der Waals surface area contributed by atoms with E-state index < -0.39 is 16.8 Å². The number of hydrogen-bond donors (Lipinski definition) is 2. The van der Waals surface area contributed by atoms with E-state index in [1.54, 1.807) is 0 Å². The summed E-state index contributed by atoms with van der Waals surface area (Å²) in [5.74, 6) is -0.975. The second-order valence-electron chi connectivity index (χ2n) is 5.84. The summed E-state index contributed by atoms with van der Waals surface area (Å²) in [6, 6.07) is 2.79. The van der Waals surface area contributed by atoms with Crippen LogP contribution >= 0.6 is 0 Å².